The van der Waals surface area contributed by atoms with Crippen molar-refractivity contribution in [2.45, 2.75) is 43.6 Å². The highest BCUT2D eigenvalue weighted by molar-refractivity contribution is 7.99. The van der Waals surface area contributed by atoms with Crippen LogP contribution in [0.1, 0.15) is 31.6 Å². The van der Waals surface area contributed by atoms with Crippen molar-refractivity contribution in [3.8, 4) is 0 Å². The predicted molar refractivity (Wildman–Crippen MR) is 100 cm³/mol. The minimum absolute atomic E-state index is 0.0976. The van der Waals surface area contributed by atoms with Gasteiger partial charge in [-0.15, -0.1) is 5.10 Å². The Morgan fingerprint density at radius 2 is 2.33 bits per heavy atom. The molecule has 1 fully saturated rings. The van der Waals surface area contributed by atoms with Crippen molar-refractivity contribution in [1.29, 1.82) is 0 Å². The molecule has 1 saturated heterocycles. The number of rotatable bonds is 7. The molecule has 0 radical (unpaired) electrons. The summed E-state index contributed by atoms with van der Waals surface area (Å²) in [5, 5.41) is 16.3. The van der Waals surface area contributed by atoms with Gasteiger partial charge in [0.2, 0.25) is 11.1 Å². The van der Waals surface area contributed by atoms with E-state index in [1.54, 1.807) is 4.68 Å². The van der Waals surface area contributed by atoms with Gasteiger partial charge in [-0.25, -0.2) is 4.68 Å². The third kappa shape index (κ3) is 4.30. The summed E-state index contributed by atoms with van der Waals surface area (Å²) in [5.41, 5.74) is 0.816. The molecule has 0 spiro atoms. The van der Waals surface area contributed by atoms with Gasteiger partial charge in [0.05, 0.1) is 24.4 Å². The number of hydrogen-bond acceptors (Lipinski definition) is 7. The monoisotopic (exact) mass is 387 g/mol. The van der Waals surface area contributed by atoms with Crippen LogP contribution in [0.5, 0.6) is 0 Å². The Morgan fingerprint density at radius 3 is 3.15 bits per heavy atom. The van der Waals surface area contributed by atoms with Gasteiger partial charge < -0.3 is 14.5 Å². The highest BCUT2D eigenvalue weighted by Crippen LogP contribution is 2.24. The summed E-state index contributed by atoms with van der Waals surface area (Å²) in [5.74, 6) is 0.869. The minimum Gasteiger partial charge on any atom is -0.459 e. The molecule has 1 amide bonds. The Bertz CT molecular complexity index is 886. The number of nitrogens with zero attached hydrogens (tertiary/aromatic N) is 4. The molecule has 1 aromatic carbocycles. The van der Waals surface area contributed by atoms with E-state index in [9.17, 15) is 4.79 Å². The first-order chi connectivity index (χ1) is 13.2. The number of thioether (sulfide) groups is 1. The van der Waals surface area contributed by atoms with Gasteiger partial charge >= 0.3 is 0 Å². The topological polar surface area (TPSA) is 95.1 Å². The maximum Gasteiger partial charge on any atom is 0.231 e. The van der Waals surface area contributed by atoms with E-state index < -0.39 is 0 Å². The number of hydrogen-bond donors (Lipinski definition) is 1. The molecule has 1 aliphatic rings. The predicted octanol–water partition coefficient (Wildman–Crippen LogP) is 2.57. The van der Waals surface area contributed by atoms with Crippen LogP contribution in [0.4, 0.5) is 0 Å². The van der Waals surface area contributed by atoms with Gasteiger partial charge in [0.1, 0.15) is 11.3 Å². The normalized spacial score (nSPS) is 18.0. The molecule has 2 aromatic heterocycles. The van der Waals surface area contributed by atoms with E-state index in [0.717, 1.165) is 36.2 Å². The van der Waals surface area contributed by atoms with Crippen molar-refractivity contribution in [3.63, 3.8) is 0 Å². The molecule has 3 aromatic rings. The lowest BCUT2D eigenvalue weighted by Crippen LogP contribution is -2.28. The molecule has 2 atom stereocenters. The largest absolute Gasteiger partial charge is 0.459 e. The average molecular weight is 387 g/mol. The molecule has 9 heteroatoms. The third-order valence-electron chi connectivity index (χ3n) is 4.48. The van der Waals surface area contributed by atoms with E-state index in [2.05, 4.69) is 20.8 Å². The second-order valence-electron chi connectivity index (χ2n) is 6.54. The first-order valence-electron chi connectivity index (χ1n) is 8.97. The number of benzene rings is 1. The standard InChI is InChI=1S/C18H21N5O3S/c1-12(16-9-13-5-2-3-7-15(13)26-16)19-17(24)11-27-18-20-21-22-23(18)10-14-6-4-8-25-14/h2-3,5,7,9,12,14H,4,6,8,10-11H2,1H3,(H,19,24)/t12-,14+/m0/s1. The van der Waals surface area contributed by atoms with E-state index >= 15 is 0 Å². The molecule has 1 N–H and O–H groups in total. The number of fused-ring (bicyclic) bond motifs is 1. The summed E-state index contributed by atoms with van der Waals surface area (Å²) in [7, 11) is 0. The Balaban J connectivity index is 1.31. The van der Waals surface area contributed by atoms with Crippen molar-refractivity contribution >= 4 is 28.6 Å². The summed E-state index contributed by atoms with van der Waals surface area (Å²) in [6, 6.07) is 9.53. The number of aromatic nitrogens is 4. The molecule has 8 nitrogen and oxygen atoms in total. The lowest BCUT2D eigenvalue weighted by Gasteiger charge is -2.12. The van der Waals surface area contributed by atoms with E-state index in [4.69, 9.17) is 9.15 Å². The van der Waals surface area contributed by atoms with Crippen LogP contribution in [0.2, 0.25) is 0 Å². The fourth-order valence-electron chi connectivity index (χ4n) is 3.10. The van der Waals surface area contributed by atoms with Gasteiger partial charge in [0.15, 0.2) is 0 Å². The van der Waals surface area contributed by atoms with Crippen LogP contribution in [-0.2, 0) is 16.1 Å². The Labute approximate surface area is 160 Å². The van der Waals surface area contributed by atoms with Gasteiger partial charge in [0.25, 0.3) is 0 Å². The zero-order chi connectivity index (χ0) is 18.6. The van der Waals surface area contributed by atoms with Crippen LogP contribution in [0.3, 0.4) is 0 Å². The Morgan fingerprint density at radius 1 is 1.44 bits per heavy atom. The van der Waals surface area contributed by atoms with Gasteiger partial charge in [-0.1, -0.05) is 30.0 Å². The molecule has 1 aliphatic heterocycles. The number of tetrazole rings is 1. The number of carbonyl (C=O) groups excluding carboxylic acids is 1. The van der Waals surface area contributed by atoms with Crippen molar-refractivity contribution in [1.82, 2.24) is 25.5 Å². The number of furan rings is 1. The fourth-order valence-corrected chi connectivity index (χ4v) is 3.79. The minimum atomic E-state index is -0.214. The second-order valence-corrected chi connectivity index (χ2v) is 7.49. The van der Waals surface area contributed by atoms with Gasteiger partial charge in [-0.2, -0.15) is 0 Å². The molecular weight excluding hydrogens is 366 g/mol. The van der Waals surface area contributed by atoms with E-state index in [1.807, 2.05) is 37.3 Å². The lowest BCUT2D eigenvalue weighted by atomic mass is 10.2. The maximum absolute atomic E-state index is 12.3. The van der Waals surface area contributed by atoms with Gasteiger partial charge in [0, 0.05) is 12.0 Å². The van der Waals surface area contributed by atoms with E-state index in [0.29, 0.717) is 11.7 Å². The van der Waals surface area contributed by atoms with Crippen molar-refractivity contribution in [2.75, 3.05) is 12.4 Å². The maximum atomic E-state index is 12.3. The van der Waals surface area contributed by atoms with Crippen molar-refractivity contribution in [2.24, 2.45) is 0 Å². The van der Waals surface area contributed by atoms with Crippen molar-refractivity contribution in [3.05, 3.63) is 36.1 Å². The van der Waals surface area contributed by atoms with E-state index in [1.165, 1.54) is 11.8 Å². The van der Waals surface area contributed by atoms with Gasteiger partial charge in [-0.3, -0.25) is 4.79 Å². The van der Waals surface area contributed by atoms with E-state index in [-0.39, 0.29) is 23.8 Å². The zero-order valence-corrected chi connectivity index (χ0v) is 15.8. The molecule has 27 heavy (non-hydrogen) atoms. The zero-order valence-electron chi connectivity index (χ0n) is 15.0. The number of nitrogens with one attached hydrogen (secondary N) is 1. The fraction of sp³-hybridized carbons (Fsp3) is 0.444. The van der Waals surface area contributed by atoms with Crippen LogP contribution >= 0.6 is 11.8 Å². The summed E-state index contributed by atoms with van der Waals surface area (Å²) in [4.78, 5) is 12.3. The SMILES string of the molecule is C[C@H](NC(=O)CSc1nnnn1C[C@H]1CCCO1)c1cc2ccccc2o1. The number of para-hydroxylation sites is 1. The quantitative estimate of drug-likeness (QED) is 0.623. The summed E-state index contributed by atoms with van der Waals surface area (Å²) < 4.78 is 13.1. The summed E-state index contributed by atoms with van der Waals surface area (Å²) in [6.45, 7) is 3.31. The highest BCUT2D eigenvalue weighted by atomic mass is 32.2. The van der Waals surface area contributed by atoms with Crippen molar-refractivity contribution < 1.29 is 13.9 Å². The molecular formula is C18H21N5O3S. The molecule has 0 saturated carbocycles. The molecule has 142 valence electrons. The Kier molecular flexibility index (Phi) is 5.40. The molecule has 0 aliphatic carbocycles. The number of ether oxygens (including phenoxy) is 1. The first-order valence-corrected chi connectivity index (χ1v) is 9.96. The van der Waals surface area contributed by atoms with Crippen LogP contribution in [0.15, 0.2) is 39.9 Å². The molecule has 0 bridgehead atoms. The van der Waals surface area contributed by atoms with Crippen LogP contribution in [0.25, 0.3) is 11.0 Å². The number of carbonyl (C=O) groups is 1. The third-order valence-corrected chi connectivity index (χ3v) is 5.44. The van der Waals surface area contributed by atoms with Gasteiger partial charge in [-0.05, 0) is 42.3 Å². The smallest absolute Gasteiger partial charge is 0.231 e. The summed E-state index contributed by atoms with van der Waals surface area (Å²) >= 11 is 1.32. The second kappa shape index (κ2) is 8.10. The lowest BCUT2D eigenvalue weighted by molar-refractivity contribution is -0.119. The molecule has 3 heterocycles. The highest BCUT2D eigenvalue weighted by Gasteiger charge is 2.20. The number of amides is 1. The summed E-state index contributed by atoms with van der Waals surface area (Å²) in [6.07, 6.45) is 2.23. The molecule has 0 unspecified atom stereocenters. The Hall–Kier alpha value is -2.39. The molecule has 4 rings (SSSR count). The van der Waals surface area contributed by atoms with Crippen LogP contribution in [-0.4, -0.2) is 44.6 Å². The van der Waals surface area contributed by atoms with Crippen LogP contribution in [0, 0.1) is 0 Å². The average Bonchev–Trinajstić information content (AvgIpc) is 3.41. The first kappa shape index (κ1) is 18.0. The van der Waals surface area contributed by atoms with Crippen LogP contribution < -0.4 is 5.32 Å².